The second-order valence-corrected chi connectivity index (χ2v) is 6.02. The zero-order valence-corrected chi connectivity index (χ0v) is 16.4. The Hall–Kier alpha value is -0.630. The van der Waals surface area contributed by atoms with Crippen LogP contribution in [0.5, 0.6) is 0 Å². The summed E-state index contributed by atoms with van der Waals surface area (Å²) in [6, 6.07) is 0. The molecule has 1 heterocycles. The number of nitrogens with zero attached hydrogens (tertiary/aromatic N) is 3. The molecule has 21 heavy (non-hydrogen) atoms. The van der Waals surface area contributed by atoms with Gasteiger partial charge in [0.2, 0.25) is 0 Å². The Morgan fingerprint density at radius 3 is 2.90 bits per heavy atom. The van der Waals surface area contributed by atoms with Crippen LogP contribution in [0.25, 0.3) is 0 Å². The van der Waals surface area contributed by atoms with E-state index in [-0.39, 0.29) is 24.0 Å². The summed E-state index contributed by atoms with van der Waals surface area (Å²) in [7, 11) is 2.08. The lowest BCUT2D eigenvalue weighted by atomic mass is 10.3. The number of nitrogens with one attached hydrogen (secondary N) is 1. The zero-order chi connectivity index (χ0) is 14.8. The van der Waals surface area contributed by atoms with E-state index in [1.807, 2.05) is 12.3 Å². The lowest BCUT2D eigenvalue weighted by molar-refractivity contribution is 0.470. The number of rotatable bonds is 8. The predicted molar refractivity (Wildman–Crippen MR) is 104 cm³/mol. The van der Waals surface area contributed by atoms with Crippen molar-refractivity contribution in [1.82, 2.24) is 15.2 Å². The van der Waals surface area contributed by atoms with Crippen LogP contribution < -0.4 is 5.32 Å². The Morgan fingerprint density at radius 2 is 2.33 bits per heavy atom. The number of aromatic nitrogens is 1. The molecule has 0 aliphatic carbocycles. The molecular weight excluding hydrogens is 395 g/mol. The van der Waals surface area contributed by atoms with Crippen molar-refractivity contribution in [3.63, 3.8) is 0 Å². The van der Waals surface area contributed by atoms with Gasteiger partial charge in [-0.25, -0.2) is 4.98 Å². The standard InChI is InChI=1S/C15H26N4S.HI/c1-5-7-8-11-19(4)15(16-6-2)17-10-9-14-18-12-13(3)20-14;/h5,12H,1,6-11H2,2-4H3,(H,16,17);1H. The molecule has 0 radical (unpaired) electrons. The number of guanidine groups is 1. The Labute approximate surface area is 149 Å². The van der Waals surface area contributed by atoms with E-state index in [9.17, 15) is 0 Å². The normalized spacial score (nSPS) is 10.9. The lowest BCUT2D eigenvalue weighted by Crippen LogP contribution is -2.39. The van der Waals surface area contributed by atoms with E-state index in [1.54, 1.807) is 11.3 Å². The van der Waals surface area contributed by atoms with Gasteiger partial charge < -0.3 is 10.2 Å². The van der Waals surface area contributed by atoms with E-state index in [2.05, 4.69) is 47.7 Å². The van der Waals surface area contributed by atoms with E-state index >= 15 is 0 Å². The van der Waals surface area contributed by atoms with Gasteiger partial charge in [-0.15, -0.1) is 41.9 Å². The van der Waals surface area contributed by atoms with E-state index in [0.29, 0.717) is 0 Å². The van der Waals surface area contributed by atoms with Crippen LogP contribution in [0, 0.1) is 6.92 Å². The van der Waals surface area contributed by atoms with Gasteiger partial charge in [-0.3, -0.25) is 4.99 Å². The third-order valence-electron chi connectivity index (χ3n) is 2.85. The van der Waals surface area contributed by atoms with Gasteiger partial charge in [0.1, 0.15) is 0 Å². The summed E-state index contributed by atoms with van der Waals surface area (Å²) in [4.78, 5) is 12.5. The van der Waals surface area contributed by atoms with Crippen molar-refractivity contribution in [3.8, 4) is 0 Å². The molecular formula is C15H27IN4S. The van der Waals surface area contributed by atoms with Crippen LogP contribution in [-0.4, -0.2) is 42.5 Å². The number of aliphatic imine (C=N–C) groups is 1. The first-order chi connectivity index (χ1) is 9.67. The monoisotopic (exact) mass is 422 g/mol. The number of halogens is 1. The van der Waals surface area contributed by atoms with Crippen LogP contribution in [0.3, 0.4) is 0 Å². The number of hydrogen-bond donors (Lipinski definition) is 1. The summed E-state index contributed by atoms with van der Waals surface area (Å²) in [5.74, 6) is 0.977. The largest absolute Gasteiger partial charge is 0.357 e. The molecule has 0 saturated heterocycles. The highest BCUT2D eigenvalue weighted by Gasteiger charge is 2.05. The zero-order valence-electron chi connectivity index (χ0n) is 13.3. The topological polar surface area (TPSA) is 40.5 Å². The Kier molecular flexibility index (Phi) is 11.6. The Bertz CT molecular complexity index is 431. The van der Waals surface area contributed by atoms with E-state index < -0.39 is 0 Å². The van der Waals surface area contributed by atoms with Gasteiger partial charge in [0.25, 0.3) is 0 Å². The van der Waals surface area contributed by atoms with Crippen molar-refractivity contribution in [3.05, 3.63) is 28.7 Å². The Morgan fingerprint density at radius 1 is 1.57 bits per heavy atom. The van der Waals surface area contributed by atoms with E-state index in [0.717, 1.165) is 49.9 Å². The van der Waals surface area contributed by atoms with Crippen LogP contribution >= 0.6 is 35.3 Å². The summed E-state index contributed by atoms with van der Waals surface area (Å²) >= 11 is 1.75. The van der Waals surface area contributed by atoms with Crippen LogP contribution in [0.4, 0.5) is 0 Å². The molecule has 0 unspecified atom stereocenters. The van der Waals surface area contributed by atoms with Crippen molar-refractivity contribution in [2.24, 2.45) is 4.99 Å². The minimum absolute atomic E-state index is 0. The van der Waals surface area contributed by atoms with Crippen LogP contribution in [-0.2, 0) is 6.42 Å². The lowest BCUT2D eigenvalue weighted by Gasteiger charge is -2.21. The first-order valence-corrected chi connectivity index (χ1v) is 8.00. The van der Waals surface area contributed by atoms with Gasteiger partial charge in [0.05, 0.1) is 5.01 Å². The fourth-order valence-electron chi connectivity index (χ4n) is 1.82. The molecule has 4 nitrogen and oxygen atoms in total. The quantitative estimate of drug-likeness (QED) is 0.229. The van der Waals surface area contributed by atoms with Crippen LogP contribution in [0.15, 0.2) is 23.8 Å². The fraction of sp³-hybridized carbons (Fsp3) is 0.600. The SMILES string of the molecule is C=CCCCN(C)C(=NCCc1ncc(C)s1)NCC.I. The second kappa shape index (κ2) is 12.0. The van der Waals surface area contributed by atoms with E-state index in [1.165, 1.54) is 4.88 Å². The molecule has 0 atom stereocenters. The fourth-order valence-corrected chi connectivity index (χ4v) is 2.60. The van der Waals surface area contributed by atoms with Gasteiger partial charge in [0.15, 0.2) is 5.96 Å². The van der Waals surface area contributed by atoms with Crippen molar-refractivity contribution >= 4 is 41.3 Å². The minimum Gasteiger partial charge on any atom is -0.357 e. The van der Waals surface area contributed by atoms with E-state index in [4.69, 9.17) is 0 Å². The first kappa shape index (κ1) is 20.4. The summed E-state index contributed by atoms with van der Waals surface area (Å²) < 4.78 is 0. The Balaban J connectivity index is 0.00000400. The van der Waals surface area contributed by atoms with Gasteiger partial charge in [-0.1, -0.05) is 6.08 Å². The molecule has 1 rings (SSSR count). The van der Waals surface area contributed by atoms with Crippen molar-refractivity contribution in [2.45, 2.75) is 33.1 Å². The molecule has 0 amide bonds. The summed E-state index contributed by atoms with van der Waals surface area (Å²) in [5, 5.41) is 4.50. The molecule has 120 valence electrons. The average molecular weight is 422 g/mol. The average Bonchev–Trinajstić information content (AvgIpc) is 2.83. The summed E-state index contributed by atoms with van der Waals surface area (Å²) in [6.07, 6.45) is 6.95. The molecule has 0 aromatic carbocycles. The highest BCUT2D eigenvalue weighted by molar-refractivity contribution is 14.0. The number of hydrogen-bond acceptors (Lipinski definition) is 3. The highest BCUT2D eigenvalue weighted by Crippen LogP contribution is 2.11. The summed E-state index contributed by atoms with van der Waals surface area (Å²) in [5.41, 5.74) is 0. The minimum atomic E-state index is 0. The number of thiazole rings is 1. The van der Waals surface area contributed by atoms with Gasteiger partial charge >= 0.3 is 0 Å². The maximum absolute atomic E-state index is 4.67. The van der Waals surface area contributed by atoms with Crippen LogP contribution in [0.1, 0.15) is 29.7 Å². The number of allylic oxidation sites excluding steroid dienone is 1. The first-order valence-electron chi connectivity index (χ1n) is 7.19. The maximum Gasteiger partial charge on any atom is 0.193 e. The molecule has 0 aliphatic rings. The molecule has 0 aliphatic heterocycles. The van der Waals surface area contributed by atoms with Gasteiger partial charge in [0, 0.05) is 44.2 Å². The van der Waals surface area contributed by atoms with Crippen molar-refractivity contribution < 1.29 is 0 Å². The third kappa shape index (κ3) is 8.40. The molecule has 0 saturated carbocycles. The highest BCUT2D eigenvalue weighted by atomic mass is 127. The summed E-state index contributed by atoms with van der Waals surface area (Å²) in [6.45, 7) is 10.6. The number of unbranched alkanes of at least 4 members (excludes halogenated alkanes) is 1. The predicted octanol–water partition coefficient (Wildman–Crippen LogP) is 3.48. The molecule has 0 bridgehead atoms. The molecule has 1 aromatic rings. The maximum atomic E-state index is 4.67. The third-order valence-corrected chi connectivity index (χ3v) is 3.83. The molecule has 0 fully saturated rings. The van der Waals surface area contributed by atoms with Gasteiger partial charge in [-0.05, 0) is 26.7 Å². The molecule has 1 N–H and O–H groups in total. The van der Waals surface area contributed by atoms with Crippen molar-refractivity contribution in [2.75, 3.05) is 26.7 Å². The molecule has 0 spiro atoms. The van der Waals surface area contributed by atoms with Crippen LogP contribution in [0.2, 0.25) is 0 Å². The van der Waals surface area contributed by atoms with Gasteiger partial charge in [-0.2, -0.15) is 0 Å². The smallest absolute Gasteiger partial charge is 0.193 e. The molecule has 6 heteroatoms. The second-order valence-electron chi connectivity index (χ2n) is 4.70. The van der Waals surface area contributed by atoms with Crippen molar-refractivity contribution in [1.29, 1.82) is 0 Å². The number of aryl methyl sites for hydroxylation is 1. The molecule has 1 aromatic heterocycles.